The van der Waals surface area contributed by atoms with Crippen LogP contribution in [-0.4, -0.2) is 18.0 Å². The van der Waals surface area contributed by atoms with Gasteiger partial charge in [-0.1, -0.05) is 30.3 Å². The van der Waals surface area contributed by atoms with Gasteiger partial charge in [0.2, 0.25) is 0 Å². The number of pyridine rings is 1. The van der Waals surface area contributed by atoms with Gasteiger partial charge in [-0.15, -0.1) is 0 Å². The number of benzene rings is 2. The van der Waals surface area contributed by atoms with Crippen LogP contribution in [0.5, 0.6) is 5.75 Å². The predicted octanol–water partition coefficient (Wildman–Crippen LogP) is 3.74. The van der Waals surface area contributed by atoms with Crippen LogP contribution in [0.3, 0.4) is 0 Å². The molecule has 1 amide bonds. The van der Waals surface area contributed by atoms with Gasteiger partial charge in [0.05, 0.1) is 6.61 Å². The number of hydrogen-bond acceptors (Lipinski definition) is 4. The summed E-state index contributed by atoms with van der Waals surface area (Å²) in [6, 6.07) is 19.0. The van der Waals surface area contributed by atoms with E-state index < -0.39 is 0 Å². The molecule has 5 nitrogen and oxygen atoms in total. The molecule has 138 valence electrons. The third-order valence-electron chi connectivity index (χ3n) is 4.00. The molecule has 0 saturated carbocycles. The second-order valence-electron chi connectivity index (χ2n) is 6.11. The first-order valence-electron chi connectivity index (χ1n) is 8.71. The van der Waals surface area contributed by atoms with E-state index in [1.807, 2.05) is 54.6 Å². The number of hydrogen-bond donors (Lipinski definition) is 1. The number of aromatic nitrogens is 1. The fraction of sp³-hybridized carbons (Fsp3) is 0.182. The van der Waals surface area contributed by atoms with Crippen molar-refractivity contribution in [2.75, 3.05) is 7.11 Å². The molecule has 0 bridgehead atoms. The van der Waals surface area contributed by atoms with Crippen molar-refractivity contribution in [3.05, 3.63) is 95.3 Å². The number of rotatable bonds is 8. The SMILES string of the molecule is COCc1cccc(C(=O)NCc2ccc(OCc3cccnc3)cc2)c1. The van der Waals surface area contributed by atoms with Crippen LogP contribution in [0.25, 0.3) is 0 Å². The third kappa shape index (κ3) is 5.66. The zero-order chi connectivity index (χ0) is 18.9. The Bertz CT molecular complexity index is 864. The lowest BCUT2D eigenvalue weighted by Gasteiger charge is -2.09. The Morgan fingerprint density at radius 1 is 0.963 bits per heavy atom. The van der Waals surface area contributed by atoms with Gasteiger partial charge in [-0.25, -0.2) is 0 Å². The average Bonchev–Trinajstić information content (AvgIpc) is 2.72. The summed E-state index contributed by atoms with van der Waals surface area (Å²) in [5, 5.41) is 2.93. The van der Waals surface area contributed by atoms with Gasteiger partial charge in [-0.2, -0.15) is 0 Å². The first-order valence-corrected chi connectivity index (χ1v) is 8.71. The van der Waals surface area contributed by atoms with Gasteiger partial charge < -0.3 is 14.8 Å². The van der Waals surface area contributed by atoms with Gasteiger partial charge in [0, 0.05) is 37.2 Å². The minimum Gasteiger partial charge on any atom is -0.489 e. The van der Waals surface area contributed by atoms with Crippen molar-refractivity contribution in [3.8, 4) is 5.75 Å². The molecule has 0 aliphatic carbocycles. The van der Waals surface area contributed by atoms with Crippen LogP contribution in [0.2, 0.25) is 0 Å². The van der Waals surface area contributed by atoms with Crippen molar-refractivity contribution in [3.63, 3.8) is 0 Å². The molecular weight excluding hydrogens is 340 g/mol. The van der Waals surface area contributed by atoms with Crippen LogP contribution >= 0.6 is 0 Å². The van der Waals surface area contributed by atoms with Crippen LogP contribution in [0.4, 0.5) is 0 Å². The number of carbonyl (C=O) groups excluding carboxylic acids is 1. The van der Waals surface area contributed by atoms with Crippen molar-refractivity contribution >= 4 is 5.91 Å². The minimum absolute atomic E-state index is 0.107. The van der Waals surface area contributed by atoms with E-state index in [1.165, 1.54) is 0 Å². The monoisotopic (exact) mass is 362 g/mol. The molecule has 0 unspecified atom stereocenters. The molecule has 0 atom stereocenters. The molecule has 0 spiro atoms. The summed E-state index contributed by atoms with van der Waals surface area (Å²) in [5.41, 5.74) is 3.62. The molecule has 0 aliphatic heterocycles. The Hall–Kier alpha value is -3.18. The van der Waals surface area contributed by atoms with E-state index in [-0.39, 0.29) is 5.91 Å². The van der Waals surface area contributed by atoms with E-state index in [0.29, 0.717) is 25.3 Å². The Labute approximate surface area is 159 Å². The topological polar surface area (TPSA) is 60.5 Å². The summed E-state index contributed by atoms with van der Waals surface area (Å²) in [5.74, 6) is 0.672. The highest BCUT2D eigenvalue weighted by Crippen LogP contribution is 2.14. The highest BCUT2D eigenvalue weighted by atomic mass is 16.5. The number of amides is 1. The van der Waals surface area contributed by atoms with Crippen LogP contribution in [-0.2, 0) is 24.5 Å². The maximum atomic E-state index is 12.3. The molecule has 1 aromatic heterocycles. The quantitative estimate of drug-likeness (QED) is 0.663. The summed E-state index contributed by atoms with van der Waals surface area (Å²) >= 11 is 0. The summed E-state index contributed by atoms with van der Waals surface area (Å²) in [6.45, 7) is 1.42. The Kier molecular flexibility index (Phi) is 6.55. The Morgan fingerprint density at radius 3 is 2.52 bits per heavy atom. The number of methoxy groups -OCH3 is 1. The van der Waals surface area contributed by atoms with Crippen molar-refractivity contribution < 1.29 is 14.3 Å². The third-order valence-corrected chi connectivity index (χ3v) is 4.00. The number of nitrogens with one attached hydrogen (secondary N) is 1. The highest BCUT2D eigenvalue weighted by Gasteiger charge is 2.06. The van der Waals surface area contributed by atoms with Crippen LogP contribution in [0.1, 0.15) is 27.0 Å². The first kappa shape index (κ1) is 18.6. The molecule has 0 aliphatic rings. The number of carbonyl (C=O) groups is 1. The normalized spacial score (nSPS) is 10.4. The lowest BCUT2D eigenvalue weighted by Crippen LogP contribution is -2.22. The molecule has 27 heavy (non-hydrogen) atoms. The fourth-order valence-electron chi connectivity index (χ4n) is 2.61. The minimum atomic E-state index is -0.107. The van der Waals surface area contributed by atoms with Gasteiger partial charge >= 0.3 is 0 Å². The smallest absolute Gasteiger partial charge is 0.251 e. The molecule has 0 saturated heterocycles. The van der Waals surface area contributed by atoms with Crippen molar-refractivity contribution in [2.45, 2.75) is 19.8 Å². The maximum Gasteiger partial charge on any atom is 0.251 e. The van der Waals surface area contributed by atoms with Crippen molar-refractivity contribution in [1.29, 1.82) is 0 Å². The molecule has 3 rings (SSSR count). The largest absolute Gasteiger partial charge is 0.489 e. The lowest BCUT2D eigenvalue weighted by molar-refractivity contribution is 0.0950. The molecule has 2 aromatic carbocycles. The maximum absolute atomic E-state index is 12.3. The van der Waals surface area contributed by atoms with Gasteiger partial charge in [-0.3, -0.25) is 9.78 Å². The number of nitrogens with zero attached hydrogens (tertiary/aromatic N) is 1. The average molecular weight is 362 g/mol. The number of ether oxygens (including phenoxy) is 2. The standard InChI is InChI=1S/C22H22N2O3/c1-26-15-18-4-2-6-20(12-18)22(25)24-14-17-7-9-21(10-8-17)27-16-19-5-3-11-23-13-19/h2-13H,14-16H2,1H3,(H,24,25). The van der Waals surface area contributed by atoms with Gasteiger partial charge in [-0.05, 0) is 41.5 Å². The van der Waals surface area contributed by atoms with Crippen LogP contribution < -0.4 is 10.1 Å². The molecule has 1 heterocycles. The van der Waals surface area contributed by atoms with Gasteiger partial charge in [0.15, 0.2) is 0 Å². The molecule has 0 fully saturated rings. The van der Waals surface area contributed by atoms with E-state index in [4.69, 9.17) is 9.47 Å². The highest BCUT2D eigenvalue weighted by molar-refractivity contribution is 5.94. The van der Waals surface area contributed by atoms with Crippen molar-refractivity contribution in [2.24, 2.45) is 0 Å². The molecule has 3 aromatic rings. The lowest BCUT2D eigenvalue weighted by atomic mass is 10.1. The van der Waals surface area contributed by atoms with Crippen molar-refractivity contribution in [1.82, 2.24) is 10.3 Å². The first-order chi connectivity index (χ1) is 13.2. The van der Waals surface area contributed by atoms with E-state index in [9.17, 15) is 4.79 Å². The second-order valence-corrected chi connectivity index (χ2v) is 6.11. The molecule has 1 N–H and O–H groups in total. The zero-order valence-corrected chi connectivity index (χ0v) is 15.2. The molecule has 5 heteroatoms. The van der Waals surface area contributed by atoms with E-state index in [0.717, 1.165) is 22.4 Å². The van der Waals surface area contributed by atoms with E-state index in [1.54, 1.807) is 25.6 Å². The molecule has 0 radical (unpaired) electrons. The van der Waals surface area contributed by atoms with Crippen LogP contribution in [0.15, 0.2) is 73.1 Å². The van der Waals surface area contributed by atoms with Gasteiger partial charge in [0.25, 0.3) is 5.91 Å². The summed E-state index contributed by atoms with van der Waals surface area (Å²) in [7, 11) is 1.64. The summed E-state index contributed by atoms with van der Waals surface area (Å²) in [6.07, 6.45) is 3.52. The van der Waals surface area contributed by atoms with E-state index >= 15 is 0 Å². The summed E-state index contributed by atoms with van der Waals surface area (Å²) < 4.78 is 10.8. The van der Waals surface area contributed by atoms with Crippen LogP contribution in [0, 0.1) is 0 Å². The fourth-order valence-corrected chi connectivity index (χ4v) is 2.61. The van der Waals surface area contributed by atoms with Gasteiger partial charge in [0.1, 0.15) is 12.4 Å². The predicted molar refractivity (Wildman–Crippen MR) is 103 cm³/mol. The Balaban J connectivity index is 1.51. The van der Waals surface area contributed by atoms with E-state index in [2.05, 4.69) is 10.3 Å². The second kappa shape index (κ2) is 9.50. The Morgan fingerprint density at radius 2 is 1.78 bits per heavy atom. The summed E-state index contributed by atoms with van der Waals surface area (Å²) in [4.78, 5) is 16.4. The molecular formula is C22H22N2O3. The zero-order valence-electron chi connectivity index (χ0n) is 15.2.